The van der Waals surface area contributed by atoms with Gasteiger partial charge in [-0.05, 0) is 36.1 Å². The van der Waals surface area contributed by atoms with Crippen LogP contribution >= 0.6 is 23.5 Å². The fourth-order valence-corrected chi connectivity index (χ4v) is 3.31. The lowest BCUT2D eigenvalue weighted by Gasteiger charge is -2.04. The van der Waals surface area contributed by atoms with Crippen molar-refractivity contribution in [3.8, 4) is 0 Å². The number of pyridine rings is 1. The molecule has 1 heterocycles. The zero-order valence-electron chi connectivity index (χ0n) is 11.8. The first-order valence-corrected chi connectivity index (χ1v) is 8.78. The molecule has 2 aromatic rings. The molecule has 0 bridgehead atoms. The summed E-state index contributed by atoms with van der Waals surface area (Å²) in [6.45, 7) is 0. The lowest BCUT2D eigenvalue weighted by atomic mass is 10.1. The molecule has 110 valence electrons. The predicted octanol–water partition coefficient (Wildman–Crippen LogP) is 3.59. The summed E-state index contributed by atoms with van der Waals surface area (Å²) < 4.78 is 0. The average Bonchev–Trinajstić information content (AvgIpc) is 2.50. The van der Waals surface area contributed by atoms with Crippen molar-refractivity contribution in [1.29, 1.82) is 5.41 Å². The molecule has 0 atom stereocenters. The third kappa shape index (κ3) is 6.23. The minimum absolute atomic E-state index is 0.194. The number of aryl methyl sites for hydroxylation is 2. The Morgan fingerprint density at radius 2 is 1.71 bits per heavy atom. The Morgan fingerprint density at radius 1 is 1.05 bits per heavy atom. The second-order valence-electron chi connectivity index (χ2n) is 4.57. The van der Waals surface area contributed by atoms with Crippen molar-refractivity contribution in [2.45, 2.75) is 17.7 Å². The zero-order chi connectivity index (χ0) is 14.9. The average molecular weight is 317 g/mol. The van der Waals surface area contributed by atoms with E-state index in [-0.39, 0.29) is 5.17 Å². The highest BCUT2D eigenvalue weighted by atomic mass is 32.2. The Kier molecular flexibility index (Phi) is 6.63. The van der Waals surface area contributed by atoms with Gasteiger partial charge in [-0.15, -0.1) is 11.8 Å². The van der Waals surface area contributed by atoms with Gasteiger partial charge in [-0.2, -0.15) is 0 Å². The number of hydrogen-bond donors (Lipinski definition) is 2. The number of nitrogens with zero attached hydrogens (tertiary/aromatic N) is 1. The van der Waals surface area contributed by atoms with Crippen LogP contribution in [-0.4, -0.2) is 21.7 Å². The minimum Gasteiger partial charge on any atom is -0.379 e. The Balaban J connectivity index is 1.73. The number of nitrogens with one attached hydrogen (secondary N) is 1. The molecule has 5 heteroatoms. The molecule has 0 aliphatic rings. The molecule has 0 amide bonds. The molecular formula is C16H19N3S2. The van der Waals surface area contributed by atoms with Gasteiger partial charge in [0.2, 0.25) is 0 Å². The van der Waals surface area contributed by atoms with Crippen LogP contribution in [0.25, 0.3) is 0 Å². The Morgan fingerprint density at radius 3 is 2.29 bits per heavy atom. The number of amidine groups is 1. The van der Waals surface area contributed by atoms with E-state index in [1.165, 1.54) is 27.8 Å². The second-order valence-corrected chi connectivity index (χ2v) is 6.87. The van der Waals surface area contributed by atoms with Crippen LogP contribution in [0.3, 0.4) is 0 Å². The molecule has 3 N–H and O–H groups in total. The van der Waals surface area contributed by atoms with E-state index < -0.39 is 0 Å². The van der Waals surface area contributed by atoms with E-state index in [1.807, 2.05) is 24.0 Å². The van der Waals surface area contributed by atoms with Crippen LogP contribution < -0.4 is 5.73 Å². The van der Waals surface area contributed by atoms with E-state index in [0.29, 0.717) is 0 Å². The van der Waals surface area contributed by atoms with E-state index >= 15 is 0 Å². The van der Waals surface area contributed by atoms with Gasteiger partial charge >= 0.3 is 0 Å². The van der Waals surface area contributed by atoms with Gasteiger partial charge < -0.3 is 5.73 Å². The fourth-order valence-electron chi connectivity index (χ4n) is 1.87. The van der Waals surface area contributed by atoms with Crippen LogP contribution in [0.4, 0.5) is 0 Å². The van der Waals surface area contributed by atoms with Crippen LogP contribution in [0.15, 0.2) is 53.7 Å². The normalized spacial score (nSPS) is 10.5. The predicted molar refractivity (Wildman–Crippen MR) is 93.2 cm³/mol. The Labute approximate surface area is 134 Å². The van der Waals surface area contributed by atoms with Gasteiger partial charge in [0.25, 0.3) is 0 Å². The molecule has 0 saturated heterocycles. The van der Waals surface area contributed by atoms with Crippen molar-refractivity contribution in [3.63, 3.8) is 0 Å². The van der Waals surface area contributed by atoms with E-state index in [4.69, 9.17) is 11.1 Å². The molecule has 0 radical (unpaired) electrons. The van der Waals surface area contributed by atoms with E-state index in [1.54, 1.807) is 6.20 Å². The minimum atomic E-state index is 0.194. The summed E-state index contributed by atoms with van der Waals surface area (Å²) in [5.41, 5.74) is 7.98. The van der Waals surface area contributed by atoms with Crippen molar-refractivity contribution in [2.24, 2.45) is 5.73 Å². The standard InChI is InChI=1S/C16H19N3S2/c17-16(18)21-11-8-14-5-3-13(4-6-14)7-10-20-15-2-1-9-19-12-15/h1-6,9,12H,7-8,10-11H2,(H3,17,18). The third-order valence-electron chi connectivity index (χ3n) is 2.97. The van der Waals surface area contributed by atoms with Crippen LogP contribution in [0, 0.1) is 5.41 Å². The summed E-state index contributed by atoms with van der Waals surface area (Å²) in [6, 6.07) is 12.8. The molecule has 1 aromatic carbocycles. The summed E-state index contributed by atoms with van der Waals surface area (Å²) in [5.74, 6) is 1.93. The van der Waals surface area contributed by atoms with Crippen molar-refractivity contribution in [2.75, 3.05) is 11.5 Å². The molecule has 0 aliphatic carbocycles. The number of thioether (sulfide) groups is 2. The van der Waals surface area contributed by atoms with Crippen LogP contribution in [-0.2, 0) is 12.8 Å². The molecule has 0 fully saturated rings. The SMILES string of the molecule is N=C(N)SCCc1ccc(CCSc2cccnc2)cc1. The highest BCUT2D eigenvalue weighted by molar-refractivity contribution is 8.13. The quantitative estimate of drug-likeness (QED) is 0.465. The van der Waals surface area contributed by atoms with Gasteiger partial charge in [0.15, 0.2) is 5.17 Å². The Bertz CT molecular complexity index is 555. The summed E-state index contributed by atoms with van der Waals surface area (Å²) in [6.07, 6.45) is 5.71. The summed E-state index contributed by atoms with van der Waals surface area (Å²) in [5, 5.41) is 7.37. The van der Waals surface area contributed by atoms with Gasteiger partial charge in [-0.3, -0.25) is 10.4 Å². The molecule has 0 spiro atoms. The molecule has 2 rings (SSSR count). The van der Waals surface area contributed by atoms with Gasteiger partial charge in [0.1, 0.15) is 0 Å². The van der Waals surface area contributed by atoms with Crippen molar-refractivity contribution >= 4 is 28.7 Å². The van der Waals surface area contributed by atoms with Gasteiger partial charge in [0.05, 0.1) is 0 Å². The number of rotatable bonds is 7. The monoisotopic (exact) mass is 317 g/mol. The first-order chi connectivity index (χ1) is 10.2. The highest BCUT2D eigenvalue weighted by Crippen LogP contribution is 2.18. The number of hydrogen-bond acceptors (Lipinski definition) is 4. The molecular weight excluding hydrogens is 298 g/mol. The molecule has 0 aliphatic heterocycles. The van der Waals surface area contributed by atoms with Crippen LogP contribution in [0.5, 0.6) is 0 Å². The highest BCUT2D eigenvalue weighted by Gasteiger charge is 1.98. The van der Waals surface area contributed by atoms with Gasteiger partial charge in [-0.1, -0.05) is 36.0 Å². The van der Waals surface area contributed by atoms with Gasteiger partial charge in [0, 0.05) is 28.8 Å². The number of nitrogens with two attached hydrogens (primary N) is 1. The Hall–Kier alpha value is -1.46. The van der Waals surface area contributed by atoms with E-state index in [9.17, 15) is 0 Å². The van der Waals surface area contributed by atoms with Gasteiger partial charge in [-0.25, -0.2) is 0 Å². The van der Waals surface area contributed by atoms with Crippen molar-refractivity contribution in [1.82, 2.24) is 4.98 Å². The second kappa shape index (κ2) is 8.74. The lowest BCUT2D eigenvalue weighted by Crippen LogP contribution is -2.05. The smallest absolute Gasteiger partial charge is 0.151 e. The first kappa shape index (κ1) is 15.9. The largest absolute Gasteiger partial charge is 0.379 e. The number of aromatic nitrogens is 1. The topological polar surface area (TPSA) is 62.8 Å². The molecule has 1 aromatic heterocycles. The zero-order valence-corrected chi connectivity index (χ0v) is 13.4. The van der Waals surface area contributed by atoms with Crippen LogP contribution in [0.1, 0.15) is 11.1 Å². The third-order valence-corrected chi connectivity index (χ3v) is 4.67. The summed E-state index contributed by atoms with van der Waals surface area (Å²) >= 11 is 3.23. The summed E-state index contributed by atoms with van der Waals surface area (Å²) in [4.78, 5) is 5.33. The van der Waals surface area contributed by atoms with Crippen LogP contribution in [0.2, 0.25) is 0 Å². The van der Waals surface area contributed by atoms with E-state index in [2.05, 4.69) is 35.3 Å². The number of benzene rings is 1. The maximum absolute atomic E-state index is 7.18. The first-order valence-electron chi connectivity index (χ1n) is 6.81. The maximum atomic E-state index is 7.18. The molecule has 3 nitrogen and oxygen atoms in total. The van der Waals surface area contributed by atoms with Crippen molar-refractivity contribution in [3.05, 3.63) is 59.9 Å². The maximum Gasteiger partial charge on any atom is 0.151 e. The van der Waals surface area contributed by atoms with Crippen molar-refractivity contribution < 1.29 is 0 Å². The molecule has 0 unspecified atom stereocenters. The molecule has 0 saturated carbocycles. The fraction of sp³-hybridized carbons (Fsp3) is 0.250. The summed E-state index contributed by atoms with van der Waals surface area (Å²) in [7, 11) is 0. The lowest BCUT2D eigenvalue weighted by molar-refractivity contribution is 1.11. The molecule has 21 heavy (non-hydrogen) atoms. The van der Waals surface area contributed by atoms with E-state index in [0.717, 1.165) is 24.3 Å².